The molecule has 0 bridgehead atoms. The maximum Gasteiger partial charge on any atom is 0.162 e. The number of ketones is 1. The number of Topliss-reactive ketones (excluding diaryl/α,β-unsaturated/α-hetero) is 1. The number of thioether (sulfide) groups is 1. The lowest BCUT2D eigenvalue weighted by Crippen LogP contribution is -2.04. The third-order valence-electron chi connectivity index (χ3n) is 2.10. The standard InChI is InChI=1S/C12H17NOS/c1-2-15-11-7-5-10(6-8-11)12(14)4-3-9-13/h5-8H,2-4,9,13H2,1H3. The largest absolute Gasteiger partial charge is 0.330 e. The summed E-state index contributed by atoms with van der Waals surface area (Å²) in [6.07, 6.45) is 1.32. The van der Waals surface area contributed by atoms with Gasteiger partial charge in [0, 0.05) is 16.9 Å². The Morgan fingerprint density at radius 2 is 2.00 bits per heavy atom. The van der Waals surface area contributed by atoms with Gasteiger partial charge in [0.15, 0.2) is 5.78 Å². The van der Waals surface area contributed by atoms with Gasteiger partial charge in [-0.2, -0.15) is 0 Å². The Morgan fingerprint density at radius 1 is 1.33 bits per heavy atom. The van der Waals surface area contributed by atoms with E-state index in [2.05, 4.69) is 6.92 Å². The number of hydrogen-bond donors (Lipinski definition) is 1. The van der Waals surface area contributed by atoms with E-state index in [1.54, 1.807) is 11.8 Å². The Morgan fingerprint density at radius 3 is 2.53 bits per heavy atom. The Kier molecular flexibility index (Phi) is 5.43. The highest BCUT2D eigenvalue weighted by atomic mass is 32.2. The van der Waals surface area contributed by atoms with E-state index in [0.717, 1.165) is 17.7 Å². The molecule has 1 aromatic carbocycles. The summed E-state index contributed by atoms with van der Waals surface area (Å²) < 4.78 is 0. The quantitative estimate of drug-likeness (QED) is 0.595. The van der Waals surface area contributed by atoms with Crippen LogP contribution >= 0.6 is 11.8 Å². The van der Waals surface area contributed by atoms with Crippen LogP contribution in [0.2, 0.25) is 0 Å². The summed E-state index contributed by atoms with van der Waals surface area (Å²) in [7, 11) is 0. The van der Waals surface area contributed by atoms with Crippen molar-refractivity contribution in [3.05, 3.63) is 29.8 Å². The van der Waals surface area contributed by atoms with E-state index in [-0.39, 0.29) is 5.78 Å². The normalized spacial score (nSPS) is 10.3. The molecule has 0 unspecified atom stereocenters. The maximum atomic E-state index is 11.6. The molecule has 2 nitrogen and oxygen atoms in total. The van der Waals surface area contributed by atoms with Gasteiger partial charge < -0.3 is 5.73 Å². The predicted molar refractivity (Wildman–Crippen MR) is 65.5 cm³/mol. The molecule has 0 atom stereocenters. The highest BCUT2D eigenvalue weighted by molar-refractivity contribution is 7.99. The molecule has 1 rings (SSSR count). The van der Waals surface area contributed by atoms with E-state index in [4.69, 9.17) is 5.73 Å². The van der Waals surface area contributed by atoms with Crippen LogP contribution in [0.5, 0.6) is 0 Å². The summed E-state index contributed by atoms with van der Waals surface area (Å²) in [6, 6.07) is 7.81. The van der Waals surface area contributed by atoms with Crippen LogP contribution in [0, 0.1) is 0 Å². The molecule has 2 N–H and O–H groups in total. The smallest absolute Gasteiger partial charge is 0.162 e. The molecule has 15 heavy (non-hydrogen) atoms. The number of rotatable bonds is 6. The lowest BCUT2D eigenvalue weighted by molar-refractivity contribution is 0.0980. The van der Waals surface area contributed by atoms with Crippen LogP contribution in [0.25, 0.3) is 0 Å². The van der Waals surface area contributed by atoms with Crippen molar-refractivity contribution in [2.75, 3.05) is 12.3 Å². The van der Waals surface area contributed by atoms with Gasteiger partial charge in [0.2, 0.25) is 0 Å². The highest BCUT2D eigenvalue weighted by Gasteiger charge is 2.04. The third kappa shape index (κ3) is 4.06. The fourth-order valence-electron chi connectivity index (χ4n) is 1.31. The number of hydrogen-bond acceptors (Lipinski definition) is 3. The van der Waals surface area contributed by atoms with Gasteiger partial charge in [0.05, 0.1) is 0 Å². The maximum absolute atomic E-state index is 11.6. The number of carbonyl (C=O) groups excluding carboxylic acids is 1. The van der Waals surface area contributed by atoms with Gasteiger partial charge in [-0.15, -0.1) is 11.8 Å². The van der Waals surface area contributed by atoms with Crippen molar-refractivity contribution in [2.24, 2.45) is 5.73 Å². The van der Waals surface area contributed by atoms with Crippen molar-refractivity contribution in [3.8, 4) is 0 Å². The Labute approximate surface area is 95.2 Å². The molecule has 0 aliphatic heterocycles. The molecular weight excluding hydrogens is 206 g/mol. The number of benzene rings is 1. The average Bonchev–Trinajstić information content (AvgIpc) is 2.27. The van der Waals surface area contributed by atoms with Crippen LogP contribution in [0.3, 0.4) is 0 Å². The SMILES string of the molecule is CCSc1ccc(C(=O)CCCN)cc1. The summed E-state index contributed by atoms with van der Waals surface area (Å²) >= 11 is 1.78. The van der Waals surface area contributed by atoms with Crippen molar-refractivity contribution < 1.29 is 4.79 Å². The van der Waals surface area contributed by atoms with Crippen LogP contribution in [-0.4, -0.2) is 18.1 Å². The van der Waals surface area contributed by atoms with Crippen molar-refractivity contribution in [2.45, 2.75) is 24.7 Å². The minimum Gasteiger partial charge on any atom is -0.330 e. The van der Waals surface area contributed by atoms with Crippen molar-refractivity contribution >= 4 is 17.5 Å². The van der Waals surface area contributed by atoms with Gasteiger partial charge in [0.25, 0.3) is 0 Å². The molecular formula is C12H17NOS. The minimum atomic E-state index is 0.188. The molecule has 0 aromatic heterocycles. The van der Waals surface area contributed by atoms with Crippen LogP contribution in [-0.2, 0) is 0 Å². The van der Waals surface area contributed by atoms with Crippen molar-refractivity contribution in [3.63, 3.8) is 0 Å². The van der Waals surface area contributed by atoms with Crippen LogP contribution in [0.1, 0.15) is 30.1 Å². The molecule has 0 radical (unpaired) electrons. The Hall–Kier alpha value is -0.800. The van der Waals surface area contributed by atoms with E-state index in [9.17, 15) is 4.79 Å². The molecule has 0 saturated carbocycles. The second kappa shape index (κ2) is 6.64. The second-order valence-corrected chi connectivity index (χ2v) is 4.61. The first-order valence-corrected chi connectivity index (χ1v) is 6.22. The Balaban J connectivity index is 2.58. The first-order valence-electron chi connectivity index (χ1n) is 5.24. The zero-order chi connectivity index (χ0) is 11.1. The Bertz CT molecular complexity index is 308. The van der Waals surface area contributed by atoms with Crippen molar-refractivity contribution in [1.29, 1.82) is 0 Å². The van der Waals surface area contributed by atoms with E-state index in [1.165, 1.54) is 4.90 Å². The van der Waals surface area contributed by atoms with Gasteiger partial charge in [-0.05, 0) is 30.9 Å². The van der Waals surface area contributed by atoms with E-state index < -0.39 is 0 Å². The zero-order valence-corrected chi connectivity index (χ0v) is 9.85. The molecule has 0 saturated heterocycles. The summed E-state index contributed by atoms with van der Waals surface area (Å²) in [6.45, 7) is 2.69. The summed E-state index contributed by atoms with van der Waals surface area (Å²) in [5, 5.41) is 0. The molecule has 0 aliphatic rings. The topological polar surface area (TPSA) is 43.1 Å². The summed E-state index contributed by atoms with van der Waals surface area (Å²) in [5.41, 5.74) is 6.16. The number of nitrogens with two attached hydrogens (primary N) is 1. The van der Waals surface area contributed by atoms with E-state index >= 15 is 0 Å². The molecule has 1 aromatic rings. The first kappa shape index (κ1) is 12.3. The fourth-order valence-corrected chi connectivity index (χ4v) is 1.97. The van der Waals surface area contributed by atoms with Gasteiger partial charge in [0.1, 0.15) is 0 Å². The predicted octanol–water partition coefficient (Wildman–Crippen LogP) is 2.72. The highest BCUT2D eigenvalue weighted by Crippen LogP contribution is 2.18. The molecule has 0 amide bonds. The average molecular weight is 223 g/mol. The lowest BCUT2D eigenvalue weighted by atomic mass is 10.1. The second-order valence-electron chi connectivity index (χ2n) is 3.27. The van der Waals surface area contributed by atoms with Crippen LogP contribution in [0.15, 0.2) is 29.2 Å². The molecule has 0 heterocycles. The van der Waals surface area contributed by atoms with E-state index in [1.807, 2.05) is 24.3 Å². The first-order chi connectivity index (χ1) is 7.27. The van der Waals surface area contributed by atoms with E-state index in [0.29, 0.717) is 13.0 Å². The molecule has 82 valence electrons. The van der Waals surface area contributed by atoms with Gasteiger partial charge >= 0.3 is 0 Å². The monoisotopic (exact) mass is 223 g/mol. The van der Waals surface area contributed by atoms with Crippen molar-refractivity contribution in [1.82, 2.24) is 0 Å². The fraction of sp³-hybridized carbons (Fsp3) is 0.417. The third-order valence-corrected chi connectivity index (χ3v) is 2.99. The molecule has 0 spiro atoms. The molecule has 0 fully saturated rings. The molecule has 0 aliphatic carbocycles. The summed E-state index contributed by atoms with van der Waals surface area (Å²) in [4.78, 5) is 12.8. The zero-order valence-electron chi connectivity index (χ0n) is 9.03. The lowest BCUT2D eigenvalue weighted by Gasteiger charge is -2.02. The number of carbonyl (C=O) groups is 1. The minimum absolute atomic E-state index is 0.188. The van der Waals surface area contributed by atoms with Gasteiger partial charge in [-0.25, -0.2) is 0 Å². The molecule has 3 heteroatoms. The van der Waals surface area contributed by atoms with Gasteiger partial charge in [-0.3, -0.25) is 4.79 Å². The summed E-state index contributed by atoms with van der Waals surface area (Å²) in [5.74, 6) is 1.24. The van der Waals surface area contributed by atoms with Crippen LogP contribution < -0.4 is 5.73 Å². The van der Waals surface area contributed by atoms with Gasteiger partial charge in [-0.1, -0.05) is 19.1 Å². The van der Waals surface area contributed by atoms with Crippen LogP contribution in [0.4, 0.5) is 0 Å².